The lowest BCUT2D eigenvalue weighted by Gasteiger charge is -2.34. The number of sulfonamides is 1. The minimum atomic E-state index is -3.55. The van der Waals surface area contributed by atoms with Crippen molar-refractivity contribution in [2.24, 2.45) is 0 Å². The van der Waals surface area contributed by atoms with E-state index in [4.69, 9.17) is 0 Å². The molecule has 24 heavy (non-hydrogen) atoms. The molecule has 0 unspecified atom stereocenters. The van der Waals surface area contributed by atoms with Crippen molar-refractivity contribution in [3.05, 3.63) is 47.0 Å². The Balaban J connectivity index is 1.68. The smallest absolute Gasteiger partial charge is 0.246 e. The van der Waals surface area contributed by atoms with E-state index in [1.165, 1.54) is 10.4 Å². The second-order valence-corrected chi connectivity index (χ2v) is 7.91. The standard InChI is InChI=1S/C16H21FN4O2S/c1-12-16(13(2)19-18-12)24(22,23)21-9-7-20(8-10-21)11-14-5-3-4-6-15(14)17/h3-6H,7-11H2,1-2H3,(H,18,19). The van der Waals surface area contributed by atoms with Crippen LogP contribution < -0.4 is 0 Å². The summed E-state index contributed by atoms with van der Waals surface area (Å²) >= 11 is 0. The lowest BCUT2D eigenvalue weighted by atomic mass is 10.2. The summed E-state index contributed by atoms with van der Waals surface area (Å²) < 4.78 is 40.8. The number of aryl methyl sites for hydroxylation is 2. The lowest BCUT2D eigenvalue weighted by Crippen LogP contribution is -2.48. The number of hydrogen-bond donors (Lipinski definition) is 1. The fourth-order valence-corrected chi connectivity index (χ4v) is 4.80. The topological polar surface area (TPSA) is 69.3 Å². The number of benzene rings is 1. The first-order valence-corrected chi connectivity index (χ1v) is 9.31. The number of aromatic nitrogens is 2. The Morgan fingerprint density at radius 2 is 1.83 bits per heavy atom. The van der Waals surface area contributed by atoms with Gasteiger partial charge < -0.3 is 0 Å². The van der Waals surface area contributed by atoms with Crippen LogP contribution in [0, 0.1) is 19.7 Å². The average Bonchev–Trinajstić information content (AvgIpc) is 2.89. The third kappa shape index (κ3) is 3.22. The molecule has 2 aromatic rings. The summed E-state index contributed by atoms with van der Waals surface area (Å²) in [5.74, 6) is -0.225. The van der Waals surface area contributed by atoms with Crippen molar-refractivity contribution in [2.45, 2.75) is 25.3 Å². The number of H-pyrrole nitrogens is 1. The van der Waals surface area contributed by atoms with Crippen LogP contribution in [0.5, 0.6) is 0 Å². The monoisotopic (exact) mass is 352 g/mol. The summed E-state index contributed by atoms with van der Waals surface area (Å²) in [4.78, 5) is 2.34. The van der Waals surface area contributed by atoms with Crippen molar-refractivity contribution < 1.29 is 12.8 Å². The molecule has 1 saturated heterocycles. The van der Waals surface area contributed by atoms with Crippen LogP contribution in [-0.2, 0) is 16.6 Å². The molecule has 0 spiro atoms. The van der Waals surface area contributed by atoms with E-state index in [1.54, 1.807) is 26.0 Å². The molecule has 6 nitrogen and oxygen atoms in total. The predicted molar refractivity (Wildman–Crippen MR) is 88.5 cm³/mol. The molecule has 1 fully saturated rings. The molecule has 2 heterocycles. The third-order valence-corrected chi connectivity index (χ3v) is 6.50. The molecule has 0 radical (unpaired) electrons. The van der Waals surface area contributed by atoms with Crippen LogP contribution in [0.2, 0.25) is 0 Å². The minimum Gasteiger partial charge on any atom is -0.296 e. The van der Waals surface area contributed by atoms with Crippen LogP contribution in [0.4, 0.5) is 4.39 Å². The Morgan fingerprint density at radius 3 is 2.42 bits per heavy atom. The van der Waals surface area contributed by atoms with Gasteiger partial charge in [0.05, 0.1) is 11.4 Å². The Hall–Kier alpha value is -1.77. The van der Waals surface area contributed by atoms with Gasteiger partial charge in [0, 0.05) is 38.3 Å². The van der Waals surface area contributed by atoms with E-state index in [1.807, 2.05) is 6.07 Å². The third-order valence-electron chi connectivity index (χ3n) is 4.34. The van der Waals surface area contributed by atoms with E-state index in [-0.39, 0.29) is 10.7 Å². The summed E-state index contributed by atoms with van der Waals surface area (Å²) in [6.07, 6.45) is 0. The minimum absolute atomic E-state index is 0.225. The van der Waals surface area contributed by atoms with E-state index in [9.17, 15) is 12.8 Å². The maximum Gasteiger partial charge on any atom is 0.246 e. The molecule has 0 atom stereocenters. The van der Waals surface area contributed by atoms with Gasteiger partial charge in [0.2, 0.25) is 10.0 Å². The zero-order valence-corrected chi connectivity index (χ0v) is 14.6. The Labute approximate surface area is 141 Å². The molecule has 1 aliphatic rings. The van der Waals surface area contributed by atoms with Crippen LogP contribution in [0.15, 0.2) is 29.2 Å². The van der Waals surface area contributed by atoms with Crippen molar-refractivity contribution in [3.63, 3.8) is 0 Å². The van der Waals surface area contributed by atoms with Gasteiger partial charge in [-0.1, -0.05) is 18.2 Å². The fourth-order valence-electron chi connectivity index (χ4n) is 3.05. The van der Waals surface area contributed by atoms with Gasteiger partial charge >= 0.3 is 0 Å². The second-order valence-electron chi connectivity index (χ2n) is 6.03. The highest BCUT2D eigenvalue weighted by Crippen LogP contribution is 2.23. The quantitative estimate of drug-likeness (QED) is 0.909. The molecule has 0 amide bonds. The van der Waals surface area contributed by atoms with Crippen molar-refractivity contribution >= 4 is 10.0 Å². The largest absolute Gasteiger partial charge is 0.296 e. The lowest BCUT2D eigenvalue weighted by molar-refractivity contribution is 0.180. The number of rotatable bonds is 4. The maximum atomic E-state index is 13.7. The van der Waals surface area contributed by atoms with Gasteiger partial charge in [0.1, 0.15) is 10.7 Å². The van der Waals surface area contributed by atoms with Crippen molar-refractivity contribution in [2.75, 3.05) is 26.2 Å². The highest BCUT2D eigenvalue weighted by atomic mass is 32.2. The first kappa shape index (κ1) is 17.1. The maximum absolute atomic E-state index is 13.7. The molecular formula is C16H21FN4O2S. The number of nitrogens with zero attached hydrogens (tertiary/aromatic N) is 3. The van der Waals surface area contributed by atoms with Crippen LogP contribution in [0.25, 0.3) is 0 Å². The molecule has 130 valence electrons. The molecule has 3 rings (SSSR count). The molecule has 8 heteroatoms. The summed E-state index contributed by atoms with van der Waals surface area (Å²) in [6, 6.07) is 6.68. The SMILES string of the molecule is Cc1n[nH]c(C)c1S(=O)(=O)N1CCN(Cc2ccccc2F)CC1. The number of nitrogens with one attached hydrogen (secondary N) is 1. The van der Waals surface area contributed by atoms with Gasteiger partial charge in [0.25, 0.3) is 0 Å². The molecule has 0 aliphatic carbocycles. The number of hydrogen-bond acceptors (Lipinski definition) is 4. The fraction of sp³-hybridized carbons (Fsp3) is 0.438. The van der Waals surface area contributed by atoms with E-state index in [0.717, 1.165) is 0 Å². The second kappa shape index (κ2) is 6.62. The summed E-state index contributed by atoms with van der Waals surface area (Å²) in [5, 5.41) is 6.70. The normalized spacial score (nSPS) is 17.3. The first-order chi connectivity index (χ1) is 11.4. The van der Waals surface area contributed by atoms with Gasteiger partial charge in [-0.3, -0.25) is 10.00 Å². The Kier molecular flexibility index (Phi) is 4.71. The number of aromatic amines is 1. The van der Waals surface area contributed by atoms with Crippen molar-refractivity contribution in [3.8, 4) is 0 Å². The van der Waals surface area contributed by atoms with E-state index in [2.05, 4.69) is 15.1 Å². The van der Waals surface area contributed by atoms with E-state index < -0.39 is 10.0 Å². The molecular weight excluding hydrogens is 331 g/mol. The summed E-state index contributed by atoms with van der Waals surface area (Å²) in [6.45, 7) is 5.81. The van der Waals surface area contributed by atoms with Gasteiger partial charge in [0.15, 0.2) is 0 Å². The van der Waals surface area contributed by atoms with Gasteiger partial charge in [-0.05, 0) is 19.9 Å². The first-order valence-electron chi connectivity index (χ1n) is 7.87. The molecule has 0 bridgehead atoms. The zero-order chi connectivity index (χ0) is 17.3. The van der Waals surface area contributed by atoms with E-state index in [0.29, 0.717) is 49.7 Å². The number of piperazine rings is 1. The highest BCUT2D eigenvalue weighted by Gasteiger charge is 2.32. The average molecular weight is 352 g/mol. The van der Waals surface area contributed by atoms with E-state index >= 15 is 0 Å². The molecule has 1 aromatic heterocycles. The zero-order valence-electron chi connectivity index (χ0n) is 13.8. The van der Waals surface area contributed by atoms with Gasteiger partial charge in [-0.25, -0.2) is 12.8 Å². The highest BCUT2D eigenvalue weighted by molar-refractivity contribution is 7.89. The van der Waals surface area contributed by atoms with Crippen LogP contribution >= 0.6 is 0 Å². The summed E-state index contributed by atoms with van der Waals surface area (Å²) in [7, 11) is -3.55. The predicted octanol–water partition coefficient (Wildman–Crippen LogP) is 1.67. The van der Waals surface area contributed by atoms with Gasteiger partial charge in [-0.2, -0.15) is 9.40 Å². The Bertz CT molecular complexity index is 807. The molecule has 1 N–H and O–H groups in total. The molecule has 1 aromatic carbocycles. The van der Waals surface area contributed by atoms with Crippen molar-refractivity contribution in [1.82, 2.24) is 19.4 Å². The van der Waals surface area contributed by atoms with Crippen LogP contribution in [0.1, 0.15) is 17.0 Å². The Morgan fingerprint density at radius 1 is 1.17 bits per heavy atom. The van der Waals surface area contributed by atoms with Gasteiger partial charge in [-0.15, -0.1) is 0 Å². The van der Waals surface area contributed by atoms with Crippen LogP contribution in [-0.4, -0.2) is 54.0 Å². The van der Waals surface area contributed by atoms with Crippen molar-refractivity contribution in [1.29, 1.82) is 0 Å². The summed E-state index contributed by atoms with van der Waals surface area (Å²) in [5.41, 5.74) is 1.68. The van der Waals surface area contributed by atoms with Crippen LogP contribution in [0.3, 0.4) is 0 Å². The number of halogens is 1. The molecule has 0 saturated carbocycles. The molecule has 1 aliphatic heterocycles.